The number of aryl methyl sites for hydroxylation is 1. The van der Waals surface area contributed by atoms with Crippen molar-refractivity contribution in [2.45, 2.75) is 27.2 Å². The largest absolute Gasteiger partial charge is 0.399 e. The van der Waals surface area contributed by atoms with Gasteiger partial charge in [-0.1, -0.05) is 13.8 Å². The molecule has 1 aliphatic rings. The number of imide groups is 1. The van der Waals surface area contributed by atoms with Gasteiger partial charge in [0.2, 0.25) is 11.8 Å². The molecule has 0 spiro atoms. The Morgan fingerprint density at radius 3 is 2.41 bits per heavy atom. The van der Waals surface area contributed by atoms with E-state index in [4.69, 9.17) is 5.73 Å². The van der Waals surface area contributed by atoms with Crippen LogP contribution in [0.2, 0.25) is 0 Å². The van der Waals surface area contributed by atoms with Gasteiger partial charge in [-0.05, 0) is 30.7 Å². The first-order chi connectivity index (χ1) is 7.83. The first-order valence-electron chi connectivity index (χ1n) is 5.56. The molecule has 2 rings (SSSR count). The second kappa shape index (κ2) is 3.58. The quantitative estimate of drug-likeness (QED) is 0.594. The Balaban J connectivity index is 2.44. The van der Waals surface area contributed by atoms with Crippen molar-refractivity contribution in [3.05, 3.63) is 23.8 Å². The van der Waals surface area contributed by atoms with Gasteiger partial charge in [-0.2, -0.15) is 0 Å². The SMILES string of the molecule is Cc1cc(N2C(=O)CC(C)(C)C2=O)ccc1N. The molecule has 1 fully saturated rings. The van der Waals surface area contributed by atoms with E-state index < -0.39 is 5.41 Å². The summed E-state index contributed by atoms with van der Waals surface area (Å²) in [6, 6.07) is 5.20. The van der Waals surface area contributed by atoms with Gasteiger partial charge in [0, 0.05) is 12.1 Å². The highest BCUT2D eigenvalue weighted by molar-refractivity contribution is 6.22. The van der Waals surface area contributed by atoms with Crippen molar-refractivity contribution in [2.75, 3.05) is 10.6 Å². The third-order valence-corrected chi connectivity index (χ3v) is 3.14. The van der Waals surface area contributed by atoms with E-state index in [0.717, 1.165) is 5.56 Å². The molecular formula is C13H16N2O2. The minimum absolute atomic E-state index is 0.147. The number of nitrogen functional groups attached to an aromatic ring is 1. The van der Waals surface area contributed by atoms with Crippen LogP contribution in [-0.4, -0.2) is 11.8 Å². The summed E-state index contributed by atoms with van der Waals surface area (Å²) in [7, 11) is 0. The molecule has 90 valence electrons. The van der Waals surface area contributed by atoms with Crippen LogP contribution < -0.4 is 10.6 Å². The number of nitrogens with two attached hydrogens (primary N) is 1. The Morgan fingerprint density at radius 1 is 1.29 bits per heavy atom. The van der Waals surface area contributed by atoms with Crippen LogP contribution in [0.1, 0.15) is 25.8 Å². The Labute approximate surface area is 100 Å². The first-order valence-corrected chi connectivity index (χ1v) is 5.56. The number of rotatable bonds is 1. The summed E-state index contributed by atoms with van der Waals surface area (Å²) in [6.07, 6.45) is 0.259. The summed E-state index contributed by atoms with van der Waals surface area (Å²) in [5, 5.41) is 0. The molecule has 2 N–H and O–H groups in total. The molecule has 1 aromatic rings. The van der Waals surface area contributed by atoms with Crippen LogP contribution in [-0.2, 0) is 9.59 Å². The van der Waals surface area contributed by atoms with Gasteiger partial charge in [-0.25, -0.2) is 0 Å². The molecule has 0 radical (unpaired) electrons. The van der Waals surface area contributed by atoms with Crippen molar-refractivity contribution in [3.8, 4) is 0 Å². The van der Waals surface area contributed by atoms with Crippen LogP contribution in [0.15, 0.2) is 18.2 Å². The standard InChI is InChI=1S/C13H16N2O2/c1-8-6-9(4-5-10(8)14)15-11(16)7-13(2,3)12(15)17/h4-6H,7,14H2,1-3H3. The summed E-state index contributed by atoms with van der Waals surface area (Å²) >= 11 is 0. The van der Waals surface area contributed by atoms with Crippen LogP contribution in [0, 0.1) is 12.3 Å². The molecule has 1 heterocycles. The minimum Gasteiger partial charge on any atom is -0.399 e. The predicted molar refractivity (Wildman–Crippen MR) is 66.5 cm³/mol. The van der Waals surface area contributed by atoms with Crippen molar-refractivity contribution < 1.29 is 9.59 Å². The van der Waals surface area contributed by atoms with Crippen LogP contribution in [0.25, 0.3) is 0 Å². The molecule has 1 aliphatic heterocycles. The van der Waals surface area contributed by atoms with E-state index in [0.29, 0.717) is 11.4 Å². The van der Waals surface area contributed by atoms with Gasteiger partial charge in [-0.3, -0.25) is 14.5 Å². The van der Waals surface area contributed by atoms with E-state index in [-0.39, 0.29) is 18.2 Å². The van der Waals surface area contributed by atoms with Gasteiger partial charge in [0.1, 0.15) is 0 Å². The van der Waals surface area contributed by atoms with Crippen molar-refractivity contribution in [1.29, 1.82) is 0 Å². The summed E-state index contributed by atoms with van der Waals surface area (Å²) < 4.78 is 0. The van der Waals surface area contributed by atoms with Gasteiger partial charge in [0.05, 0.1) is 11.1 Å². The third kappa shape index (κ3) is 1.79. The van der Waals surface area contributed by atoms with Gasteiger partial charge < -0.3 is 5.73 Å². The zero-order chi connectivity index (χ0) is 12.8. The monoisotopic (exact) mass is 232 g/mol. The highest BCUT2D eigenvalue weighted by Crippen LogP contribution is 2.35. The number of hydrogen-bond donors (Lipinski definition) is 1. The topological polar surface area (TPSA) is 63.4 Å². The van der Waals surface area contributed by atoms with E-state index in [1.807, 2.05) is 6.92 Å². The van der Waals surface area contributed by atoms with Gasteiger partial charge in [-0.15, -0.1) is 0 Å². The molecule has 0 aliphatic carbocycles. The first kappa shape index (κ1) is 11.6. The highest BCUT2D eigenvalue weighted by Gasteiger charge is 2.45. The molecule has 0 atom stereocenters. The minimum atomic E-state index is -0.605. The second-order valence-corrected chi connectivity index (χ2v) is 5.14. The van der Waals surface area contributed by atoms with Crippen molar-refractivity contribution in [2.24, 2.45) is 5.41 Å². The smallest absolute Gasteiger partial charge is 0.239 e. The lowest BCUT2D eigenvalue weighted by Crippen LogP contribution is -2.33. The highest BCUT2D eigenvalue weighted by atomic mass is 16.2. The van der Waals surface area contributed by atoms with E-state index in [1.54, 1.807) is 32.0 Å². The van der Waals surface area contributed by atoms with Gasteiger partial charge in [0.25, 0.3) is 0 Å². The molecule has 1 saturated heterocycles. The predicted octanol–water partition coefficient (Wildman–Crippen LogP) is 1.87. The zero-order valence-corrected chi connectivity index (χ0v) is 10.3. The van der Waals surface area contributed by atoms with Crippen molar-refractivity contribution >= 4 is 23.2 Å². The zero-order valence-electron chi connectivity index (χ0n) is 10.3. The molecule has 0 aromatic heterocycles. The number of anilines is 2. The number of amides is 2. The molecule has 0 unspecified atom stereocenters. The average Bonchev–Trinajstić information content (AvgIpc) is 2.42. The molecule has 1 aromatic carbocycles. The van der Waals surface area contributed by atoms with E-state index in [1.165, 1.54) is 4.90 Å². The third-order valence-electron chi connectivity index (χ3n) is 3.14. The van der Waals surface area contributed by atoms with Crippen LogP contribution in [0.5, 0.6) is 0 Å². The van der Waals surface area contributed by atoms with Gasteiger partial charge in [0.15, 0.2) is 0 Å². The average molecular weight is 232 g/mol. The number of nitrogens with zero attached hydrogens (tertiary/aromatic N) is 1. The Hall–Kier alpha value is -1.84. The Kier molecular flexibility index (Phi) is 2.45. The van der Waals surface area contributed by atoms with E-state index in [9.17, 15) is 9.59 Å². The van der Waals surface area contributed by atoms with E-state index in [2.05, 4.69) is 0 Å². The molecule has 0 bridgehead atoms. The number of hydrogen-bond acceptors (Lipinski definition) is 3. The van der Waals surface area contributed by atoms with Gasteiger partial charge >= 0.3 is 0 Å². The summed E-state index contributed by atoms with van der Waals surface area (Å²) in [5.74, 6) is -0.296. The molecule has 2 amide bonds. The Bertz CT molecular complexity index is 506. The lowest BCUT2D eigenvalue weighted by Gasteiger charge is -2.18. The number of benzene rings is 1. The van der Waals surface area contributed by atoms with E-state index >= 15 is 0 Å². The maximum Gasteiger partial charge on any atom is 0.239 e. The lowest BCUT2D eigenvalue weighted by molar-refractivity contribution is -0.124. The fraction of sp³-hybridized carbons (Fsp3) is 0.385. The van der Waals surface area contributed by atoms with Crippen molar-refractivity contribution in [3.63, 3.8) is 0 Å². The van der Waals surface area contributed by atoms with Crippen LogP contribution >= 0.6 is 0 Å². The molecule has 4 heteroatoms. The van der Waals surface area contributed by atoms with Crippen LogP contribution in [0.3, 0.4) is 0 Å². The maximum atomic E-state index is 12.1. The lowest BCUT2D eigenvalue weighted by atomic mass is 9.92. The molecule has 17 heavy (non-hydrogen) atoms. The molecule has 4 nitrogen and oxygen atoms in total. The Morgan fingerprint density at radius 2 is 1.94 bits per heavy atom. The van der Waals surface area contributed by atoms with Crippen LogP contribution in [0.4, 0.5) is 11.4 Å². The second-order valence-electron chi connectivity index (χ2n) is 5.14. The maximum absolute atomic E-state index is 12.1. The number of carbonyl (C=O) groups excluding carboxylic acids is 2. The molecule has 0 saturated carbocycles. The fourth-order valence-electron chi connectivity index (χ4n) is 2.01. The summed E-state index contributed by atoms with van der Waals surface area (Å²) in [6.45, 7) is 5.43. The summed E-state index contributed by atoms with van der Waals surface area (Å²) in [4.78, 5) is 25.2. The fourth-order valence-corrected chi connectivity index (χ4v) is 2.01. The van der Waals surface area contributed by atoms with Crippen molar-refractivity contribution in [1.82, 2.24) is 0 Å². The summed E-state index contributed by atoms with van der Waals surface area (Å²) in [5.41, 5.74) is 7.25. The normalized spacial score (nSPS) is 18.9. The number of carbonyl (C=O) groups is 2. The molecular weight excluding hydrogens is 216 g/mol.